The van der Waals surface area contributed by atoms with E-state index in [1.165, 1.54) is 23.2 Å². The van der Waals surface area contributed by atoms with E-state index < -0.39 is 0 Å². The number of piperidine rings is 1. The molecule has 1 fully saturated rings. The summed E-state index contributed by atoms with van der Waals surface area (Å²) in [5.74, 6) is -0.447. The van der Waals surface area contributed by atoms with Crippen molar-refractivity contribution in [1.82, 2.24) is 20.1 Å². The van der Waals surface area contributed by atoms with Crippen LogP contribution in [-0.2, 0) is 6.54 Å². The third-order valence-electron chi connectivity index (χ3n) is 4.89. The summed E-state index contributed by atoms with van der Waals surface area (Å²) in [6.45, 7) is 2.50. The molecule has 29 heavy (non-hydrogen) atoms. The second-order valence-electron chi connectivity index (χ2n) is 7.40. The molecule has 3 rings (SSSR count). The number of amides is 3. The van der Waals surface area contributed by atoms with E-state index in [0.29, 0.717) is 5.69 Å². The number of pyridine rings is 1. The van der Waals surface area contributed by atoms with E-state index in [9.17, 15) is 14.0 Å². The topological polar surface area (TPSA) is 77.6 Å². The Morgan fingerprint density at radius 2 is 1.86 bits per heavy atom. The quantitative estimate of drug-likeness (QED) is 0.811. The van der Waals surface area contributed by atoms with Gasteiger partial charge in [-0.2, -0.15) is 0 Å². The smallest absolute Gasteiger partial charge is 0.319 e. The molecule has 0 atom stereocenters. The molecule has 1 aromatic carbocycles. The molecule has 1 saturated heterocycles. The van der Waals surface area contributed by atoms with Gasteiger partial charge >= 0.3 is 6.03 Å². The number of carbonyl (C=O) groups is 2. The van der Waals surface area contributed by atoms with Gasteiger partial charge in [-0.15, -0.1) is 0 Å². The Balaban J connectivity index is 1.45. The van der Waals surface area contributed by atoms with Crippen LogP contribution < -0.4 is 10.6 Å². The molecule has 0 aliphatic carbocycles. The highest BCUT2D eigenvalue weighted by Gasteiger charge is 2.21. The lowest BCUT2D eigenvalue weighted by Gasteiger charge is -2.32. The minimum Gasteiger partial charge on any atom is -0.343 e. The maximum Gasteiger partial charge on any atom is 0.319 e. The minimum absolute atomic E-state index is 0.0872. The molecule has 1 aromatic heterocycles. The monoisotopic (exact) mass is 399 g/mol. The van der Waals surface area contributed by atoms with Gasteiger partial charge in [-0.3, -0.25) is 14.7 Å². The summed E-state index contributed by atoms with van der Waals surface area (Å²) in [7, 11) is 3.30. The van der Waals surface area contributed by atoms with Gasteiger partial charge in [-0.1, -0.05) is 12.1 Å². The van der Waals surface area contributed by atoms with Crippen molar-refractivity contribution in [3.05, 3.63) is 59.7 Å². The molecule has 3 amide bonds. The Bertz CT molecular complexity index is 848. The van der Waals surface area contributed by atoms with Crippen LogP contribution in [0.3, 0.4) is 0 Å². The SMILES string of the molecule is CN(C)C(=O)c1cc(NC(=O)NC2CCN(Cc3ccc(F)cc3)CC2)ccn1. The number of urea groups is 1. The number of halogens is 1. The molecule has 1 aliphatic heterocycles. The molecule has 0 unspecified atom stereocenters. The van der Waals surface area contributed by atoms with Gasteiger partial charge in [0.15, 0.2) is 0 Å². The largest absolute Gasteiger partial charge is 0.343 e. The predicted molar refractivity (Wildman–Crippen MR) is 109 cm³/mol. The summed E-state index contributed by atoms with van der Waals surface area (Å²) in [5, 5.41) is 5.76. The van der Waals surface area contributed by atoms with Crippen molar-refractivity contribution >= 4 is 17.6 Å². The number of likely N-dealkylation sites (tertiary alicyclic amines) is 1. The number of nitrogens with one attached hydrogen (secondary N) is 2. The summed E-state index contributed by atoms with van der Waals surface area (Å²) >= 11 is 0. The Labute approximate surface area is 169 Å². The van der Waals surface area contributed by atoms with Crippen molar-refractivity contribution in [2.24, 2.45) is 0 Å². The molecular weight excluding hydrogens is 373 g/mol. The van der Waals surface area contributed by atoms with Gasteiger partial charge in [0.05, 0.1) is 0 Å². The van der Waals surface area contributed by atoms with Crippen molar-refractivity contribution in [3.63, 3.8) is 0 Å². The van der Waals surface area contributed by atoms with Crippen LogP contribution in [0, 0.1) is 5.82 Å². The summed E-state index contributed by atoms with van der Waals surface area (Å²) in [6, 6.07) is 9.56. The molecule has 0 bridgehead atoms. The molecule has 2 heterocycles. The summed E-state index contributed by atoms with van der Waals surface area (Å²) < 4.78 is 13.0. The molecular formula is C21H26FN5O2. The number of benzene rings is 1. The number of carbonyl (C=O) groups excluding carboxylic acids is 2. The van der Waals surface area contributed by atoms with Crippen molar-refractivity contribution < 1.29 is 14.0 Å². The van der Waals surface area contributed by atoms with E-state index in [2.05, 4.69) is 20.5 Å². The van der Waals surface area contributed by atoms with E-state index in [-0.39, 0.29) is 29.5 Å². The first kappa shape index (κ1) is 20.7. The van der Waals surface area contributed by atoms with Crippen molar-refractivity contribution in [2.75, 3.05) is 32.5 Å². The fraction of sp³-hybridized carbons (Fsp3) is 0.381. The third kappa shape index (κ3) is 5.99. The van der Waals surface area contributed by atoms with Crippen LogP contribution in [0.25, 0.3) is 0 Å². The minimum atomic E-state index is -0.295. The van der Waals surface area contributed by atoms with E-state index >= 15 is 0 Å². The third-order valence-corrected chi connectivity index (χ3v) is 4.89. The Morgan fingerprint density at radius 3 is 2.52 bits per heavy atom. The first-order valence-electron chi connectivity index (χ1n) is 9.63. The fourth-order valence-corrected chi connectivity index (χ4v) is 3.29. The second kappa shape index (κ2) is 9.47. The number of anilines is 1. The first-order chi connectivity index (χ1) is 13.9. The zero-order chi connectivity index (χ0) is 20.8. The number of hydrogen-bond donors (Lipinski definition) is 2. The van der Waals surface area contributed by atoms with Gasteiger partial charge in [-0.05, 0) is 42.7 Å². The molecule has 0 radical (unpaired) electrons. The molecule has 2 N–H and O–H groups in total. The maximum absolute atomic E-state index is 13.0. The lowest BCUT2D eigenvalue weighted by atomic mass is 10.0. The standard InChI is InChI=1S/C21H26FN5O2/c1-26(2)20(28)19-13-18(7-10-23-19)25-21(29)24-17-8-11-27(12-9-17)14-15-3-5-16(22)6-4-15/h3-7,10,13,17H,8-9,11-12,14H2,1-2H3,(H2,23,24,25,29). The number of nitrogens with zero attached hydrogens (tertiary/aromatic N) is 3. The van der Waals surface area contributed by atoms with E-state index in [1.807, 2.05) is 0 Å². The lowest BCUT2D eigenvalue weighted by molar-refractivity contribution is 0.0822. The normalized spacial score (nSPS) is 15.0. The maximum atomic E-state index is 13.0. The van der Waals surface area contributed by atoms with Crippen LogP contribution in [-0.4, -0.2) is 59.9 Å². The number of hydrogen-bond acceptors (Lipinski definition) is 4. The average Bonchev–Trinajstić information content (AvgIpc) is 2.70. The van der Waals surface area contributed by atoms with Gasteiger partial charge in [0.25, 0.3) is 5.91 Å². The molecule has 154 valence electrons. The highest BCUT2D eigenvalue weighted by Crippen LogP contribution is 2.15. The van der Waals surface area contributed by atoms with Crippen molar-refractivity contribution in [3.8, 4) is 0 Å². The molecule has 8 heteroatoms. The molecule has 2 aromatic rings. The van der Waals surface area contributed by atoms with E-state index in [0.717, 1.165) is 38.0 Å². The molecule has 1 aliphatic rings. The van der Waals surface area contributed by atoms with Gasteiger partial charge in [0, 0.05) is 51.7 Å². The number of aromatic nitrogens is 1. The van der Waals surface area contributed by atoms with Crippen LogP contribution >= 0.6 is 0 Å². The van der Waals surface area contributed by atoms with Crippen molar-refractivity contribution in [2.45, 2.75) is 25.4 Å². The second-order valence-corrected chi connectivity index (χ2v) is 7.40. The van der Waals surface area contributed by atoms with Crippen LogP contribution in [0.2, 0.25) is 0 Å². The Morgan fingerprint density at radius 1 is 1.17 bits per heavy atom. The zero-order valence-corrected chi connectivity index (χ0v) is 16.7. The molecule has 0 spiro atoms. The van der Waals surface area contributed by atoms with Crippen LogP contribution in [0.15, 0.2) is 42.6 Å². The molecule has 0 saturated carbocycles. The van der Waals surface area contributed by atoms with Crippen LogP contribution in [0.1, 0.15) is 28.9 Å². The van der Waals surface area contributed by atoms with Crippen LogP contribution in [0.4, 0.5) is 14.9 Å². The fourth-order valence-electron chi connectivity index (χ4n) is 3.29. The Kier molecular flexibility index (Phi) is 6.77. The summed E-state index contributed by atoms with van der Waals surface area (Å²) in [5.41, 5.74) is 1.88. The number of rotatable bonds is 5. The van der Waals surface area contributed by atoms with Gasteiger partial charge in [0.1, 0.15) is 11.5 Å². The van der Waals surface area contributed by atoms with Crippen molar-refractivity contribution in [1.29, 1.82) is 0 Å². The summed E-state index contributed by atoms with van der Waals surface area (Å²) in [6.07, 6.45) is 3.19. The highest BCUT2D eigenvalue weighted by molar-refractivity contribution is 5.95. The van der Waals surface area contributed by atoms with Gasteiger partial charge < -0.3 is 15.5 Å². The zero-order valence-electron chi connectivity index (χ0n) is 16.7. The Hall–Kier alpha value is -3.00. The molecule has 7 nitrogen and oxygen atoms in total. The van der Waals surface area contributed by atoms with E-state index in [4.69, 9.17) is 0 Å². The van der Waals surface area contributed by atoms with Gasteiger partial charge in [-0.25, -0.2) is 9.18 Å². The lowest BCUT2D eigenvalue weighted by Crippen LogP contribution is -2.45. The predicted octanol–water partition coefficient (Wildman–Crippen LogP) is 2.71. The van der Waals surface area contributed by atoms with Gasteiger partial charge in [0.2, 0.25) is 0 Å². The average molecular weight is 399 g/mol. The van der Waals surface area contributed by atoms with E-state index in [1.54, 1.807) is 38.4 Å². The summed E-state index contributed by atoms with van der Waals surface area (Å²) in [4.78, 5) is 32.1. The first-order valence-corrected chi connectivity index (χ1v) is 9.63. The van der Waals surface area contributed by atoms with Crippen LogP contribution in [0.5, 0.6) is 0 Å². The highest BCUT2D eigenvalue weighted by atomic mass is 19.1.